The van der Waals surface area contributed by atoms with Crippen molar-refractivity contribution in [2.45, 2.75) is 64.6 Å². The summed E-state index contributed by atoms with van der Waals surface area (Å²) in [6, 6.07) is 14.0. The van der Waals surface area contributed by atoms with E-state index < -0.39 is 22.0 Å². The number of nitrogens with zero attached hydrogens (tertiary/aromatic N) is 2. The van der Waals surface area contributed by atoms with Gasteiger partial charge in [0.05, 0.1) is 11.9 Å². The van der Waals surface area contributed by atoms with Crippen LogP contribution in [0.5, 0.6) is 0 Å². The first kappa shape index (κ1) is 27.2. The number of rotatable bonds is 10. The Morgan fingerprint density at radius 2 is 1.66 bits per heavy atom. The number of amides is 2. The number of aryl methyl sites for hydroxylation is 1. The van der Waals surface area contributed by atoms with Gasteiger partial charge in [-0.3, -0.25) is 13.9 Å². The molecule has 9 heteroatoms. The van der Waals surface area contributed by atoms with Gasteiger partial charge in [0.25, 0.3) is 0 Å². The normalized spacial score (nSPS) is 15.0. The van der Waals surface area contributed by atoms with Gasteiger partial charge in [0.1, 0.15) is 12.6 Å². The Morgan fingerprint density at radius 3 is 2.20 bits per heavy atom. The van der Waals surface area contributed by atoms with Gasteiger partial charge in [-0.1, -0.05) is 65.5 Å². The largest absolute Gasteiger partial charge is 0.352 e. The standard InChI is InChI=1S/C26H34BrN3O4S/c1-4-24(26(32)28-22-7-5-6-8-22)29(17-20-11-9-19(2)10-12-20)25(31)18-30(35(3,33)34)23-15-13-21(27)14-16-23/h9-16,22,24H,4-8,17-18H2,1-3H3,(H,28,32)/t24-/m0/s1. The molecule has 0 aliphatic heterocycles. The first-order valence-corrected chi connectivity index (χ1v) is 14.6. The van der Waals surface area contributed by atoms with Crippen molar-refractivity contribution in [3.8, 4) is 0 Å². The molecule has 1 aliphatic rings. The second-order valence-corrected chi connectivity index (χ2v) is 12.0. The fourth-order valence-electron chi connectivity index (χ4n) is 4.40. The van der Waals surface area contributed by atoms with Gasteiger partial charge < -0.3 is 10.2 Å². The van der Waals surface area contributed by atoms with E-state index in [1.165, 1.54) is 4.90 Å². The fraction of sp³-hybridized carbons (Fsp3) is 0.462. The molecule has 1 N–H and O–H groups in total. The van der Waals surface area contributed by atoms with Gasteiger partial charge in [0, 0.05) is 17.1 Å². The third-order valence-electron chi connectivity index (χ3n) is 6.35. The first-order chi connectivity index (χ1) is 16.6. The molecule has 2 amide bonds. The molecule has 0 aromatic heterocycles. The Labute approximate surface area is 217 Å². The van der Waals surface area contributed by atoms with Crippen LogP contribution in [0.3, 0.4) is 0 Å². The van der Waals surface area contributed by atoms with Gasteiger partial charge in [-0.2, -0.15) is 0 Å². The lowest BCUT2D eigenvalue weighted by molar-refractivity contribution is -0.140. The lowest BCUT2D eigenvalue weighted by Crippen LogP contribution is -2.53. The van der Waals surface area contributed by atoms with E-state index in [1.54, 1.807) is 24.3 Å². The highest BCUT2D eigenvalue weighted by atomic mass is 79.9. The zero-order valence-corrected chi connectivity index (χ0v) is 22.9. The smallest absolute Gasteiger partial charge is 0.244 e. The van der Waals surface area contributed by atoms with Crippen molar-refractivity contribution in [1.29, 1.82) is 0 Å². The molecule has 3 rings (SSSR count). The van der Waals surface area contributed by atoms with Crippen LogP contribution < -0.4 is 9.62 Å². The number of nitrogens with one attached hydrogen (secondary N) is 1. The highest BCUT2D eigenvalue weighted by Gasteiger charge is 2.33. The quantitative estimate of drug-likeness (QED) is 0.464. The van der Waals surface area contributed by atoms with Crippen molar-refractivity contribution in [3.05, 3.63) is 64.1 Å². The van der Waals surface area contributed by atoms with Crippen LogP contribution in [0.4, 0.5) is 5.69 Å². The van der Waals surface area contributed by atoms with E-state index in [2.05, 4.69) is 21.2 Å². The minimum atomic E-state index is -3.74. The van der Waals surface area contributed by atoms with Crippen LogP contribution in [0.1, 0.15) is 50.2 Å². The van der Waals surface area contributed by atoms with Crippen molar-refractivity contribution in [3.63, 3.8) is 0 Å². The minimum Gasteiger partial charge on any atom is -0.352 e. The number of halogens is 1. The summed E-state index contributed by atoms with van der Waals surface area (Å²) in [6.45, 7) is 3.68. The topological polar surface area (TPSA) is 86.8 Å². The number of carbonyl (C=O) groups excluding carboxylic acids is 2. The molecule has 2 aromatic carbocycles. The average Bonchev–Trinajstić information content (AvgIpc) is 3.31. The molecule has 1 atom stereocenters. The van der Waals surface area contributed by atoms with Crippen LogP contribution in [0.15, 0.2) is 53.0 Å². The van der Waals surface area contributed by atoms with Crippen molar-refractivity contribution in [2.75, 3.05) is 17.1 Å². The average molecular weight is 565 g/mol. The Morgan fingerprint density at radius 1 is 1.06 bits per heavy atom. The molecular formula is C26H34BrN3O4S. The molecule has 1 saturated carbocycles. The summed E-state index contributed by atoms with van der Waals surface area (Å²) < 4.78 is 27.2. The lowest BCUT2D eigenvalue weighted by Gasteiger charge is -2.33. The molecule has 0 spiro atoms. The van der Waals surface area contributed by atoms with Crippen LogP contribution in [0, 0.1) is 6.92 Å². The second kappa shape index (κ2) is 12.0. The number of hydrogen-bond acceptors (Lipinski definition) is 4. The second-order valence-electron chi connectivity index (χ2n) is 9.17. The molecule has 0 unspecified atom stereocenters. The third kappa shape index (κ3) is 7.54. The van der Waals surface area contributed by atoms with Gasteiger partial charge in [-0.05, 0) is 56.0 Å². The van der Waals surface area contributed by atoms with Crippen molar-refractivity contribution in [2.24, 2.45) is 0 Å². The summed E-state index contributed by atoms with van der Waals surface area (Å²) in [5.41, 5.74) is 2.37. The number of benzene rings is 2. The SMILES string of the molecule is CC[C@@H](C(=O)NC1CCCC1)N(Cc1ccc(C)cc1)C(=O)CN(c1ccc(Br)cc1)S(C)(=O)=O. The maximum absolute atomic E-state index is 13.7. The number of hydrogen-bond donors (Lipinski definition) is 1. The molecule has 7 nitrogen and oxygen atoms in total. The molecule has 0 heterocycles. The van der Waals surface area contributed by atoms with Crippen LogP contribution in [-0.2, 0) is 26.2 Å². The van der Waals surface area contributed by atoms with Gasteiger partial charge in [-0.25, -0.2) is 8.42 Å². The van der Waals surface area contributed by atoms with E-state index in [0.29, 0.717) is 12.1 Å². The highest BCUT2D eigenvalue weighted by molar-refractivity contribution is 9.10. The van der Waals surface area contributed by atoms with E-state index in [9.17, 15) is 18.0 Å². The Balaban J connectivity index is 1.90. The predicted molar refractivity (Wildman–Crippen MR) is 143 cm³/mol. The zero-order chi connectivity index (χ0) is 25.6. The van der Waals surface area contributed by atoms with Crippen LogP contribution in [-0.4, -0.2) is 50.0 Å². The molecule has 1 aliphatic carbocycles. The lowest BCUT2D eigenvalue weighted by atomic mass is 10.1. The Hall–Kier alpha value is -2.39. The zero-order valence-electron chi connectivity index (χ0n) is 20.5. The Kier molecular flexibility index (Phi) is 9.35. The van der Waals surface area contributed by atoms with Gasteiger partial charge >= 0.3 is 0 Å². The van der Waals surface area contributed by atoms with Crippen molar-refractivity contribution < 1.29 is 18.0 Å². The molecule has 0 radical (unpaired) electrons. The molecule has 0 saturated heterocycles. The van der Waals surface area contributed by atoms with Crippen molar-refractivity contribution in [1.82, 2.24) is 10.2 Å². The number of anilines is 1. The molecule has 35 heavy (non-hydrogen) atoms. The summed E-state index contributed by atoms with van der Waals surface area (Å²) in [5.74, 6) is -0.609. The van der Waals surface area contributed by atoms with Crippen LogP contribution in [0.2, 0.25) is 0 Å². The van der Waals surface area contributed by atoms with Crippen LogP contribution >= 0.6 is 15.9 Å². The van der Waals surface area contributed by atoms with E-state index in [1.807, 2.05) is 38.1 Å². The van der Waals surface area contributed by atoms with Gasteiger partial charge in [0.2, 0.25) is 21.8 Å². The van der Waals surface area contributed by atoms with Crippen molar-refractivity contribution >= 4 is 43.5 Å². The van der Waals surface area contributed by atoms with E-state index in [4.69, 9.17) is 0 Å². The molecule has 2 aromatic rings. The first-order valence-electron chi connectivity index (χ1n) is 12.0. The Bertz CT molecular complexity index is 1110. The number of carbonyl (C=O) groups is 2. The fourth-order valence-corrected chi connectivity index (χ4v) is 5.51. The van der Waals surface area contributed by atoms with E-state index >= 15 is 0 Å². The summed E-state index contributed by atoms with van der Waals surface area (Å²) >= 11 is 3.35. The highest BCUT2D eigenvalue weighted by Crippen LogP contribution is 2.23. The van der Waals surface area contributed by atoms with Gasteiger partial charge in [0.15, 0.2) is 0 Å². The summed E-state index contributed by atoms with van der Waals surface area (Å²) in [6.07, 6.45) is 5.57. The summed E-state index contributed by atoms with van der Waals surface area (Å²) in [4.78, 5) is 28.5. The predicted octanol–water partition coefficient (Wildman–Crippen LogP) is 4.39. The molecule has 1 fully saturated rings. The third-order valence-corrected chi connectivity index (χ3v) is 8.02. The van der Waals surface area contributed by atoms with E-state index in [0.717, 1.165) is 51.8 Å². The van der Waals surface area contributed by atoms with E-state index in [-0.39, 0.29) is 25.0 Å². The molecule has 190 valence electrons. The molecule has 0 bridgehead atoms. The minimum absolute atomic E-state index is 0.128. The monoisotopic (exact) mass is 563 g/mol. The maximum Gasteiger partial charge on any atom is 0.244 e. The van der Waals surface area contributed by atoms with Gasteiger partial charge in [-0.15, -0.1) is 0 Å². The van der Waals surface area contributed by atoms with Crippen LogP contribution in [0.25, 0.3) is 0 Å². The maximum atomic E-state index is 13.7. The molecular weight excluding hydrogens is 530 g/mol. The summed E-state index contributed by atoms with van der Waals surface area (Å²) in [5, 5.41) is 3.11. The summed E-state index contributed by atoms with van der Waals surface area (Å²) in [7, 11) is -3.74. The number of sulfonamides is 1.